The molecule has 1 aliphatic carbocycles. The molecular formula is C16H24ClNO. The summed E-state index contributed by atoms with van der Waals surface area (Å²) in [5, 5.41) is 0.713. The fourth-order valence-corrected chi connectivity index (χ4v) is 3.49. The Morgan fingerprint density at radius 2 is 2.11 bits per heavy atom. The van der Waals surface area contributed by atoms with Gasteiger partial charge in [0.25, 0.3) is 0 Å². The Bertz CT molecular complexity index is 444. The smallest absolute Gasteiger partial charge is 0.0741 e. The van der Waals surface area contributed by atoms with E-state index >= 15 is 0 Å². The van der Waals surface area contributed by atoms with E-state index in [0.717, 1.165) is 30.0 Å². The molecule has 3 heteroatoms. The van der Waals surface area contributed by atoms with Crippen LogP contribution in [0.15, 0.2) is 18.2 Å². The molecule has 0 aromatic heterocycles. The number of halogens is 1. The lowest BCUT2D eigenvalue weighted by Crippen LogP contribution is -2.32. The van der Waals surface area contributed by atoms with Crippen molar-refractivity contribution in [2.45, 2.75) is 52.7 Å². The standard InChI is InChI=1S/C16H24ClNO/c1-11-6-14(9-16(2,3)8-11)19-10-12-7-13(17)4-5-15(12)18/h4-5,7,11,14H,6,8-10,18H2,1-3H3. The molecular weight excluding hydrogens is 258 g/mol. The maximum atomic E-state index is 6.07. The van der Waals surface area contributed by atoms with Crippen molar-refractivity contribution >= 4 is 17.3 Å². The molecule has 0 bridgehead atoms. The van der Waals surface area contributed by atoms with Crippen LogP contribution in [0.25, 0.3) is 0 Å². The highest BCUT2D eigenvalue weighted by molar-refractivity contribution is 6.30. The van der Waals surface area contributed by atoms with Crippen molar-refractivity contribution in [3.8, 4) is 0 Å². The summed E-state index contributed by atoms with van der Waals surface area (Å²) in [5.41, 5.74) is 8.07. The summed E-state index contributed by atoms with van der Waals surface area (Å²) < 4.78 is 6.07. The Hall–Kier alpha value is -0.730. The molecule has 0 radical (unpaired) electrons. The van der Waals surface area contributed by atoms with Gasteiger partial charge in [0.15, 0.2) is 0 Å². The average molecular weight is 282 g/mol. The maximum Gasteiger partial charge on any atom is 0.0741 e. The molecule has 2 N–H and O–H groups in total. The number of nitrogens with two attached hydrogens (primary N) is 1. The molecule has 0 saturated heterocycles. The van der Waals surface area contributed by atoms with Gasteiger partial charge in [-0.3, -0.25) is 0 Å². The molecule has 0 spiro atoms. The number of anilines is 1. The zero-order valence-corrected chi connectivity index (χ0v) is 12.8. The van der Waals surface area contributed by atoms with Crippen LogP contribution in [0, 0.1) is 11.3 Å². The molecule has 19 heavy (non-hydrogen) atoms. The highest BCUT2D eigenvalue weighted by atomic mass is 35.5. The normalized spacial score (nSPS) is 26.3. The minimum atomic E-state index is 0.331. The molecule has 0 aliphatic heterocycles. The molecule has 1 aromatic rings. The van der Waals surface area contributed by atoms with Gasteiger partial charge in [0.1, 0.15) is 0 Å². The molecule has 1 aliphatic rings. The maximum absolute atomic E-state index is 6.07. The average Bonchev–Trinajstić information content (AvgIpc) is 2.28. The predicted octanol–water partition coefficient (Wildman–Crippen LogP) is 4.65. The van der Waals surface area contributed by atoms with Gasteiger partial charge in [-0.25, -0.2) is 0 Å². The van der Waals surface area contributed by atoms with Gasteiger partial charge in [0, 0.05) is 16.3 Å². The second-order valence-electron chi connectivity index (χ2n) is 6.69. The van der Waals surface area contributed by atoms with E-state index in [9.17, 15) is 0 Å². The largest absolute Gasteiger partial charge is 0.398 e. The molecule has 1 saturated carbocycles. The topological polar surface area (TPSA) is 35.2 Å². The Morgan fingerprint density at radius 1 is 1.37 bits per heavy atom. The van der Waals surface area contributed by atoms with Gasteiger partial charge in [0.05, 0.1) is 12.7 Å². The first-order valence-corrected chi connectivity index (χ1v) is 7.39. The predicted molar refractivity (Wildman–Crippen MR) is 81.2 cm³/mol. The molecule has 2 nitrogen and oxygen atoms in total. The van der Waals surface area contributed by atoms with E-state index in [4.69, 9.17) is 22.1 Å². The third-order valence-corrected chi connectivity index (χ3v) is 4.16. The molecule has 0 amide bonds. The fraction of sp³-hybridized carbons (Fsp3) is 0.625. The van der Waals surface area contributed by atoms with E-state index < -0.39 is 0 Å². The Labute approximate surface area is 121 Å². The lowest BCUT2D eigenvalue weighted by molar-refractivity contribution is -0.0314. The molecule has 0 heterocycles. The summed E-state index contributed by atoms with van der Waals surface area (Å²) in [6.07, 6.45) is 3.88. The van der Waals surface area contributed by atoms with Gasteiger partial charge >= 0.3 is 0 Å². The quantitative estimate of drug-likeness (QED) is 0.818. The van der Waals surface area contributed by atoms with Crippen molar-refractivity contribution in [3.63, 3.8) is 0 Å². The van der Waals surface area contributed by atoms with Crippen molar-refractivity contribution in [3.05, 3.63) is 28.8 Å². The van der Waals surface area contributed by atoms with E-state index in [1.165, 1.54) is 6.42 Å². The van der Waals surface area contributed by atoms with Crippen LogP contribution in [-0.4, -0.2) is 6.10 Å². The minimum absolute atomic E-state index is 0.331. The van der Waals surface area contributed by atoms with Crippen LogP contribution in [0.2, 0.25) is 5.02 Å². The van der Waals surface area contributed by atoms with Gasteiger partial charge in [0.2, 0.25) is 0 Å². The summed E-state index contributed by atoms with van der Waals surface area (Å²) in [7, 11) is 0. The lowest BCUT2D eigenvalue weighted by Gasteiger charge is -2.38. The van der Waals surface area contributed by atoms with Crippen LogP contribution in [-0.2, 0) is 11.3 Å². The number of nitrogen functional groups attached to an aromatic ring is 1. The first kappa shape index (κ1) is 14.7. The zero-order chi connectivity index (χ0) is 14.0. The molecule has 2 atom stereocenters. The summed E-state index contributed by atoms with van der Waals surface area (Å²) >= 11 is 6.00. The highest BCUT2D eigenvalue weighted by Gasteiger charge is 2.32. The van der Waals surface area contributed by atoms with Gasteiger partial charge in [-0.05, 0) is 48.8 Å². The Kier molecular flexibility index (Phi) is 4.42. The zero-order valence-electron chi connectivity index (χ0n) is 12.1. The van der Waals surface area contributed by atoms with Gasteiger partial charge in [-0.2, -0.15) is 0 Å². The first-order chi connectivity index (χ1) is 8.85. The minimum Gasteiger partial charge on any atom is -0.398 e. The Balaban J connectivity index is 1.96. The van der Waals surface area contributed by atoms with Crippen molar-refractivity contribution in [2.75, 3.05) is 5.73 Å². The molecule has 106 valence electrons. The monoisotopic (exact) mass is 281 g/mol. The third kappa shape index (κ3) is 4.12. The number of hydrogen-bond acceptors (Lipinski definition) is 2. The van der Waals surface area contributed by atoms with Crippen molar-refractivity contribution in [2.24, 2.45) is 11.3 Å². The summed E-state index contributed by atoms with van der Waals surface area (Å²) in [5.74, 6) is 0.727. The summed E-state index contributed by atoms with van der Waals surface area (Å²) in [6.45, 7) is 7.52. The van der Waals surface area contributed by atoms with Gasteiger partial charge in [-0.1, -0.05) is 32.4 Å². The first-order valence-electron chi connectivity index (χ1n) is 7.01. The fourth-order valence-electron chi connectivity index (χ4n) is 3.29. The second kappa shape index (κ2) is 5.72. The van der Waals surface area contributed by atoms with Crippen LogP contribution in [0.1, 0.15) is 45.6 Å². The van der Waals surface area contributed by atoms with Crippen LogP contribution >= 0.6 is 11.6 Å². The number of benzene rings is 1. The molecule has 1 aromatic carbocycles. The highest BCUT2D eigenvalue weighted by Crippen LogP contribution is 2.40. The van der Waals surface area contributed by atoms with E-state index in [-0.39, 0.29) is 0 Å². The van der Waals surface area contributed by atoms with Crippen molar-refractivity contribution in [1.82, 2.24) is 0 Å². The summed E-state index contributed by atoms with van der Waals surface area (Å²) in [4.78, 5) is 0. The third-order valence-electron chi connectivity index (χ3n) is 3.93. The van der Waals surface area contributed by atoms with E-state index in [0.29, 0.717) is 23.1 Å². The number of hydrogen-bond donors (Lipinski definition) is 1. The van der Waals surface area contributed by atoms with Crippen molar-refractivity contribution in [1.29, 1.82) is 0 Å². The second-order valence-corrected chi connectivity index (χ2v) is 7.13. The van der Waals surface area contributed by atoms with E-state index in [1.54, 1.807) is 0 Å². The van der Waals surface area contributed by atoms with Crippen molar-refractivity contribution < 1.29 is 4.74 Å². The number of ether oxygens (including phenoxy) is 1. The van der Waals surface area contributed by atoms with Crippen LogP contribution in [0.5, 0.6) is 0 Å². The van der Waals surface area contributed by atoms with E-state index in [1.807, 2.05) is 18.2 Å². The molecule has 2 rings (SSSR count). The van der Waals surface area contributed by atoms with Gasteiger partial charge in [-0.15, -0.1) is 0 Å². The SMILES string of the molecule is CC1CC(OCc2cc(Cl)ccc2N)CC(C)(C)C1. The van der Waals surface area contributed by atoms with Crippen LogP contribution in [0.4, 0.5) is 5.69 Å². The van der Waals surface area contributed by atoms with Gasteiger partial charge < -0.3 is 10.5 Å². The number of rotatable bonds is 3. The van der Waals surface area contributed by atoms with E-state index in [2.05, 4.69) is 20.8 Å². The molecule has 1 fully saturated rings. The van der Waals surface area contributed by atoms with Crippen LogP contribution < -0.4 is 5.73 Å². The van der Waals surface area contributed by atoms with Crippen LogP contribution in [0.3, 0.4) is 0 Å². The lowest BCUT2D eigenvalue weighted by atomic mass is 9.71. The molecule has 2 unspecified atom stereocenters. The summed E-state index contributed by atoms with van der Waals surface area (Å²) in [6, 6.07) is 5.55. The Morgan fingerprint density at radius 3 is 2.79 bits per heavy atom.